The third kappa shape index (κ3) is 4.47. The van der Waals surface area contributed by atoms with Gasteiger partial charge in [-0.05, 0) is 167 Å². The van der Waals surface area contributed by atoms with Crippen LogP contribution >= 0.6 is 0 Å². The number of allylic oxidation sites excluding steroid dienone is 4. The molecule has 242 valence electrons. The Balaban J connectivity index is 0.000000140. The summed E-state index contributed by atoms with van der Waals surface area (Å²) in [6.45, 7) is 9.58. The minimum absolute atomic E-state index is 0.0869. The number of aliphatic hydroxyl groups excluding tert-OH is 3. The minimum Gasteiger partial charge on any atom is -0.512 e. The molecule has 0 bridgehead atoms. The highest BCUT2D eigenvalue weighted by Crippen LogP contribution is 2.67. The summed E-state index contributed by atoms with van der Waals surface area (Å²) in [6.07, 6.45) is 21.6. The molecule has 0 aromatic heterocycles. The Bertz CT molecular complexity index is 1150. The molecule has 0 heterocycles. The predicted octanol–water partition coefficient (Wildman–Crippen LogP) is 7.79. The molecule has 8 aliphatic carbocycles. The van der Waals surface area contributed by atoms with E-state index in [2.05, 4.69) is 33.8 Å². The highest BCUT2D eigenvalue weighted by Gasteiger charge is 2.62. The lowest BCUT2D eigenvalue weighted by Crippen LogP contribution is -2.58. The van der Waals surface area contributed by atoms with Gasteiger partial charge in [-0.2, -0.15) is 0 Å². The summed E-state index contributed by atoms with van der Waals surface area (Å²) in [6, 6.07) is 0.776. The Labute approximate surface area is 261 Å². The van der Waals surface area contributed by atoms with Gasteiger partial charge in [-0.3, -0.25) is 0 Å². The van der Waals surface area contributed by atoms with Crippen LogP contribution in [0.1, 0.15) is 124 Å². The van der Waals surface area contributed by atoms with Gasteiger partial charge in [-0.1, -0.05) is 27.7 Å². The number of hydrogen-bond acceptors (Lipinski definition) is 5. The van der Waals surface area contributed by atoms with Crippen LogP contribution in [0.5, 0.6) is 0 Å². The van der Waals surface area contributed by atoms with Crippen molar-refractivity contribution in [2.75, 3.05) is 0 Å². The molecule has 0 saturated heterocycles. The standard InChI is InChI=1S/C19H31NO2.C19H31NO/c1-18-7-5-12(20)9-11(18)10-15(21)17-13-3-4-16(22)19(13,2)8-6-14(17)18;1-18-9-7-13(20)11-12(18)3-4-14-15-5-6-17(21)19(15,2)10-8-16(14)18/h4,11-15,17,21-22H,3,5-10,20H2,1-2H3;6,12-16,21H,3-5,7-11,20H2,1-2H3/t11-,12-,13-,14-,15-,17-,18-,19-;12-,13+,14+,15+,16+,18+,19+/m01/s1. The van der Waals surface area contributed by atoms with E-state index in [-0.39, 0.29) is 16.9 Å². The second-order valence-corrected chi connectivity index (χ2v) is 18.1. The molecule has 0 spiro atoms. The van der Waals surface area contributed by atoms with Gasteiger partial charge in [0.1, 0.15) is 0 Å². The van der Waals surface area contributed by atoms with E-state index in [4.69, 9.17) is 11.5 Å². The molecule has 5 nitrogen and oxygen atoms in total. The lowest BCUT2D eigenvalue weighted by molar-refractivity contribution is -0.159. The fourth-order valence-corrected chi connectivity index (χ4v) is 13.6. The molecule has 0 aliphatic heterocycles. The van der Waals surface area contributed by atoms with Crippen LogP contribution in [0.4, 0.5) is 0 Å². The summed E-state index contributed by atoms with van der Waals surface area (Å²) in [5, 5.41) is 31.7. The Hall–Kier alpha value is -1.04. The summed E-state index contributed by atoms with van der Waals surface area (Å²) in [5.74, 6) is 6.52. The molecule has 0 radical (unpaired) electrons. The van der Waals surface area contributed by atoms with E-state index >= 15 is 0 Å². The Morgan fingerprint density at radius 2 is 1.14 bits per heavy atom. The first-order valence-electron chi connectivity index (χ1n) is 18.3. The third-order valence-electron chi connectivity index (χ3n) is 16.5. The molecule has 7 N–H and O–H groups in total. The summed E-state index contributed by atoms with van der Waals surface area (Å²) in [7, 11) is 0. The molecule has 43 heavy (non-hydrogen) atoms. The molecule has 0 unspecified atom stereocenters. The second kappa shape index (κ2) is 10.5. The monoisotopic (exact) mass is 594 g/mol. The van der Waals surface area contributed by atoms with Gasteiger partial charge in [0.15, 0.2) is 0 Å². The maximum Gasteiger partial charge on any atom is 0.0944 e. The van der Waals surface area contributed by atoms with Crippen molar-refractivity contribution in [3.63, 3.8) is 0 Å². The van der Waals surface area contributed by atoms with Crippen LogP contribution in [-0.4, -0.2) is 33.5 Å². The Morgan fingerprint density at radius 3 is 1.79 bits per heavy atom. The van der Waals surface area contributed by atoms with Gasteiger partial charge >= 0.3 is 0 Å². The van der Waals surface area contributed by atoms with E-state index in [0.717, 1.165) is 62.7 Å². The van der Waals surface area contributed by atoms with Gasteiger partial charge in [-0.25, -0.2) is 0 Å². The first kappa shape index (κ1) is 30.6. The molecule has 0 aromatic rings. The van der Waals surface area contributed by atoms with Crippen LogP contribution in [0.2, 0.25) is 0 Å². The molecule has 0 amide bonds. The second-order valence-electron chi connectivity index (χ2n) is 18.1. The van der Waals surface area contributed by atoms with Crippen LogP contribution in [-0.2, 0) is 0 Å². The van der Waals surface area contributed by atoms with Gasteiger partial charge in [0.2, 0.25) is 0 Å². The quantitative estimate of drug-likeness (QED) is 0.197. The van der Waals surface area contributed by atoms with Crippen molar-refractivity contribution in [2.24, 2.45) is 80.5 Å². The van der Waals surface area contributed by atoms with E-state index in [0.29, 0.717) is 64.0 Å². The predicted molar refractivity (Wildman–Crippen MR) is 173 cm³/mol. The number of rotatable bonds is 0. The van der Waals surface area contributed by atoms with Crippen LogP contribution < -0.4 is 11.5 Å². The van der Waals surface area contributed by atoms with Crippen molar-refractivity contribution in [3.05, 3.63) is 23.7 Å². The maximum absolute atomic E-state index is 10.9. The summed E-state index contributed by atoms with van der Waals surface area (Å²) in [4.78, 5) is 0. The summed E-state index contributed by atoms with van der Waals surface area (Å²) in [5.41, 5.74) is 13.3. The van der Waals surface area contributed by atoms with E-state index in [1.165, 1.54) is 51.4 Å². The maximum atomic E-state index is 10.9. The first-order chi connectivity index (χ1) is 20.3. The lowest BCUT2D eigenvalue weighted by Gasteiger charge is -2.61. The molecule has 8 aliphatic rings. The number of hydrogen-bond donors (Lipinski definition) is 5. The molecule has 5 heteroatoms. The first-order valence-corrected chi connectivity index (χ1v) is 18.3. The van der Waals surface area contributed by atoms with E-state index in [1.807, 2.05) is 6.08 Å². The minimum atomic E-state index is -0.211. The Morgan fingerprint density at radius 1 is 0.605 bits per heavy atom. The molecule has 0 aromatic carbocycles. The molecular formula is C38H62N2O3. The zero-order valence-electron chi connectivity index (χ0n) is 27.6. The molecule has 15 atom stereocenters. The lowest BCUT2D eigenvalue weighted by atomic mass is 9.44. The van der Waals surface area contributed by atoms with E-state index in [9.17, 15) is 15.3 Å². The molecular weight excluding hydrogens is 532 g/mol. The number of nitrogens with two attached hydrogens (primary N) is 2. The van der Waals surface area contributed by atoms with Crippen molar-refractivity contribution < 1.29 is 15.3 Å². The van der Waals surface area contributed by atoms with Crippen molar-refractivity contribution in [1.29, 1.82) is 0 Å². The average molecular weight is 595 g/mol. The molecule has 6 fully saturated rings. The normalized spacial score (nSPS) is 56.9. The highest BCUT2D eigenvalue weighted by atomic mass is 16.3. The topological polar surface area (TPSA) is 113 Å². The highest BCUT2D eigenvalue weighted by molar-refractivity contribution is 5.22. The zero-order chi connectivity index (χ0) is 30.5. The van der Waals surface area contributed by atoms with Gasteiger partial charge in [0.25, 0.3) is 0 Å². The van der Waals surface area contributed by atoms with Crippen molar-refractivity contribution in [2.45, 2.75) is 142 Å². The Kier molecular flexibility index (Phi) is 7.47. The van der Waals surface area contributed by atoms with Crippen LogP contribution in [0.15, 0.2) is 23.7 Å². The van der Waals surface area contributed by atoms with Crippen LogP contribution in [0.25, 0.3) is 0 Å². The smallest absolute Gasteiger partial charge is 0.0944 e. The largest absolute Gasteiger partial charge is 0.512 e. The fraction of sp³-hybridized carbons (Fsp3) is 0.895. The average Bonchev–Trinajstić information content (AvgIpc) is 3.45. The van der Waals surface area contributed by atoms with Crippen LogP contribution in [0, 0.1) is 69.0 Å². The number of fused-ring (bicyclic) bond motifs is 10. The van der Waals surface area contributed by atoms with Gasteiger partial charge < -0.3 is 26.8 Å². The SMILES string of the molecule is C[C@]12CC[C@H](N)C[C@H]1CC[C@@H]1[C@@H]2CC[C@]2(C)C(O)=CC[C@@H]12.C[C@]12CC[C@H](N)C[C@H]1C[C@H](O)[C@@H]1[C@@H]2CC[C@]2(C)C(O)=CC[C@@H]12. The van der Waals surface area contributed by atoms with Gasteiger partial charge in [0.05, 0.1) is 17.6 Å². The van der Waals surface area contributed by atoms with Crippen molar-refractivity contribution >= 4 is 0 Å². The van der Waals surface area contributed by atoms with Crippen LogP contribution in [0.3, 0.4) is 0 Å². The van der Waals surface area contributed by atoms with E-state index < -0.39 is 0 Å². The third-order valence-corrected chi connectivity index (χ3v) is 16.5. The van der Waals surface area contributed by atoms with Crippen molar-refractivity contribution in [1.82, 2.24) is 0 Å². The molecule has 6 saturated carbocycles. The molecule has 8 rings (SSSR count). The fourth-order valence-electron chi connectivity index (χ4n) is 13.6. The van der Waals surface area contributed by atoms with Gasteiger partial charge in [-0.15, -0.1) is 0 Å². The van der Waals surface area contributed by atoms with Crippen molar-refractivity contribution in [3.8, 4) is 0 Å². The summed E-state index contributed by atoms with van der Waals surface area (Å²) < 4.78 is 0. The number of aliphatic hydroxyl groups is 3. The summed E-state index contributed by atoms with van der Waals surface area (Å²) >= 11 is 0. The zero-order valence-corrected chi connectivity index (χ0v) is 27.6. The van der Waals surface area contributed by atoms with Gasteiger partial charge in [0, 0.05) is 22.9 Å². The van der Waals surface area contributed by atoms with E-state index in [1.54, 1.807) is 0 Å².